The Hall–Kier alpha value is -2.07. The maximum atomic E-state index is 13.6. The van der Waals surface area contributed by atoms with E-state index in [-0.39, 0.29) is 13.0 Å². The van der Waals surface area contributed by atoms with Crippen LogP contribution in [-0.2, 0) is 16.4 Å². The van der Waals surface area contributed by atoms with Crippen molar-refractivity contribution in [3.05, 3.63) is 35.9 Å². The Morgan fingerprint density at radius 3 is 2.75 bits per heavy atom. The lowest BCUT2D eigenvalue weighted by Gasteiger charge is -2.08. The molecule has 1 aromatic heterocycles. The molecule has 0 saturated heterocycles. The Morgan fingerprint density at radius 2 is 2.10 bits per heavy atom. The molecule has 0 radical (unpaired) electrons. The Bertz CT molecular complexity index is 703. The molecule has 0 bridgehead atoms. The predicted molar refractivity (Wildman–Crippen MR) is 66.0 cm³/mol. The molecule has 0 aliphatic rings. The van der Waals surface area contributed by atoms with Gasteiger partial charge in [-0.2, -0.15) is 5.10 Å². The maximum absolute atomic E-state index is 13.6. The molecule has 0 atom stereocenters. The second-order valence-corrected chi connectivity index (χ2v) is 5.59. The van der Waals surface area contributed by atoms with Crippen molar-refractivity contribution in [1.29, 1.82) is 0 Å². The summed E-state index contributed by atoms with van der Waals surface area (Å²) in [5, 5.41) is 6.15. The molecule has 0 unspecified atom stereocenters. The fourth-order valence-electron chi connectivity index (χ4n) is 1.49. The van der Waals surface area contributed by atoms with E-state index in [1.165, 1.54) is 6.33 Å². The molecule has 4 N–H and O–H groups in total. The zero-order valence-electron chi connectivity index (χ0n) is 10.1. The number of hydrogen-bond acceptors (Lipinski definition) is 5. The number of nitrogen functional groups attached to an aromatic ring is 1. The molecule has 0 amide bonds. The summed E-state index contributed by atoms with van der Waals surface area (Å²) in [6.45, 7) is -0.0196. The van der Waals surface area contributed by atoms with E-state index >= 15 is 0 Å². The quantitative estimate of drug-likeness (QED) is 0.682. The third-order valence-electron chi connectivity index (χ3n) is 2.50. The Morgan fingerprint density at radius 1 is 1.35 bits per heavy atom. The van der Waals surface area contributed by atoms with E-state index in [2.05, 4.69) is 19.9 Å². The summed E-state index contributed by atoms with van der Waals surface area (Å²) in [5.41, 5.74) is 4.29. The molecule has 10 heteroatoms. The first-order valence-electron chi connectivity index (χ1n) is 5.49. The summed E-state index contributed by atoms with van der Waals surface area (Å²) in [5.74, 6) is -1.84. The maximum Gasteiger partial charge on any atom is 0.243 e. The minimum atomic E-state index is -4.12. The van der Waals surface area contributed by atoms with Gasteiger partial charge in [-0.3, -0.25) is 5.10 Å². The van der Waals surface area contributed by atoms with Crippen molar-refractivity contribution in [1.82, 2.24) is 19.9 Å². The first-order chi connectivity index (χ1) is 9.42. The number of anilines is 1. The molecule has 7 nitrogen and oxygen atoms in total. The Balaban J connectivity index is 2.12. The van der Waals surface area contributed by atoms with Crippen LogP contribution in [0.1, 0.15) is 5.82 Å². The predicted octanol–water partition coefficient (Wildman–Crippen LogP) is 0.186. The van der Waals surface area contributed by atoms with Crippen molar-refractivity contribution >= 4 is 15.7 Å². The number of rotatable bonds is 5. The van der Waals surface area contributed by atoms with E-state index in [1.54, 1.807) is 0 Å². The van der Waals surface area contributed by atoms with Gasteiger partial charge >= 0.3 is 0 Å². The summed E-state index contributed by atoms with van der Waals surface area (Å²) in [6.07, 6.45) is 1.53. The first kappa shape index (κ1) is 14.3. The molecule has 1 aromatic carbocycles. The zero-order valence-corrected chi connectivity index (χ0v) is 10.9. The first-order valence-corrected chi connectivity index (χ1v) is 6.97. The molecule has 0 fully saturated rings. The SMILES string of the molecule is Nc1c(F)ccc(S(=O)(=O)NCCc2ncn[nH]2)c1F. The van der Waals surface area contributed by atoms with Crippen LogP contribution in [0.4, 0.5) is 14.5 Å². The number of H-pyrrole nitrogens is 1. The number of sulfonamides is 1. The highest BCUT2D eigenvalue weighted by Gasteiger charge is 2.22. The topological polar surface area (TPSA) is 114 Å². The Labute approximate surface area is 113 Å². The van der Waals surface area contributed by atoms with Crippen LogP contribution in [0.3, 0.4) is 0 Å². The highest BCUT2D eigenvalue weighted by molar-refractivity contribution is 7.89. The average molecular weight is 303 g/mol. The molecular formula is C10H11F2N5O2S. The van der Waals surface area contributed by atoms with Gasteiger partial charge in [-0.25, -0.2) is 26.9 Å². The van der Waals surface area contributed by atoms with Gasteiger partial charge in [0.15, 0.2) is 5.82 Å². The fraction of sp³-hybridized carbons (Fsp3) is 0.200. The van der Waals surface area contributed by atoms with Crippen molar-refractivity contribution in [3.63, 3.8) is 0 Å². The number of aromatic amines is 1. The van der Waals surface area contributed by atoms with Crippen LogP contribution in [0.5, 0.6) is 0 Å². The van der Waals surface area contributed by atoms with Crippen molar-refractivity contribution in [3.8, 4) is 0 Å². The largest absolute Gasteiger partial charge is 0.394 e. The lowest BCUT2D eigenvalue weighted by molar-refractivity contribution is 0.548. The van der Waals surface area contributed by atoms with Crippen LogP contribution < -0.4 is 10.5 Å². The van der Waals surface area contributed by atoms with Crippen molar-refractivity contribution < 1.29 is 17.2 Å². The van der Waals surface area contributed by atoms with Crippen LogP contribution in [0.15, 0.2) is 23.4 Å². The van der Waals surface area contributed by atoms with Gasteiger partial charge in [0.05, 0.1) is 0 Å². The van der Waals surface area contributed by atoms with Crippen LogP contribution in [0.2, 0.25) is 0 Å². The summed E-state index contributed by atoms with van der Waals surface area (Å²) >= 11 is 0. The number of aromatic nitrogens is 3. The molecule has 108 valence electrons. The van der Waals surface area contributed by atoms with Crippen LogP contribution in [-0.4, -0.2) is 30.1 Å². The van der Waals surface area contributed by atoms with E-state index < -0.39 is 32.2 Å². The second kappa shape index (κ2) is 5.51. The smallest absolute Gasteiger partial charge is 0.243 e. The summed E-state index contributed by atoms with van der Waals surface area (Å²) in [6, 6.07) is 1.61. The van der Waals surface area contributed by atoms with Gasteiger partial charge < -0.3 is 5.73 Å². The molecule has 2 aromatic rings. The number of hydrogen-bond donors (Lipinski definition) is 3. The van der Waals surface area contributed by atoms with E-state index in [0.29, 0.717) is 5.82 Å². The van der Waals surface area contributed by atoms with Gasteiger partial charge in [0.25, 0.3) is 0 Å². The monoisotopic (exact) mass is 303 g/mol. The fourth-order valence-corrected chi connectivity index (χ4v) is 2.61. The van der Waals surface area contributed by atoms with Gasteiger partial charge in [-0.1, -0.05) is 0 Å². The van der Waals surface area contributed by atoms with E-state index in [9.17, 15) is 17.2 Å². The minimum Gasteiger partial charge on any atom is -0.394 e. The van der Waals surface area contributed by atoms with Gasteiger partial charge in [0, 0.05) is 13.0 Å². The van der Waals surface area contributed by atoms with Crippen molar-refractivity contribution in [2.45, 2.75) is 11.3 Å². The van der Waals surface area contributed by atoms with Crippen molar-refractivity contribution in [2.24, 2.45) is 0 Å². The third kappa shape index (κ3) is 2.91. The summed E-state index contributed by atoms with van der Waals surface area (Å²) in [7, 11) is -4.12. The third-order valence-corrected chi connectivity index (χ3v) is 3.98. The number of nitrogens with two attached hydrogens (primary N) is 1. The highest BCUT2D eigenvalue weighted by atomic mass is 32.2. The van der Waals surface area contributed by atoms with Gasteiger partial charge in [-0.05, 0) is 12.1 Å². The second-order valence-electron chi connectivity index (χ2n) is 3.85. The normalized spacial score (nSPS) is 11.7. The molecule has 0 aliphatic carbocycles. The average Bonchev–Trinajstić information content (AvgIpc) is 2.88. The molecule has 0 aliphatic heterocycles. The lowest BCUT2D eigenvalue weighted by Crippen LogP contribution is -2.27. The van der Waals surface area contributed by atoms with Gasteiger partial charge in [-0.15, -0.1) is 0 Å². The molecule has 20 heavy (non-hydrogen) atoms. The highest BCUT2D eigenvalue weighted by Crippen LogP contribution is 2.22. The molecule has 0 spiro atoms. The van der Waals surface area contributed by atoms with E-state index in [0.717, 1.165) is 12.1 Å². The summed E-state index contributed by atoms with van der Waals surface area (Å²) in [4.78, 5) is 3.11. The van der Waals surface area contributed by atoms with Crippen LogP contribution >= 0.6 is 0 Å². The number of nitrogens with zero attached hydrogens (tertiary/aromatic N) is 2. The zero-order chi connectivity index (χ0) is 14.8. The standard InChI is InChI=1S/C10H11F2N5O2S/c11-6-1-2-7(9(12)10(6)13)20(18,19)16-4-3-8-14-5-15-17-8/h1-2,5,16H,3-4,13H2,(H,14,15,17). The summed E-state index contributed by atoms with van der Waals surface area (Å²) < 4.78 is 52.5. The van der Waals surface area contributed by atoms with Crippen LogP contribution in [0, 0.1) is 11.6 Å². The molecule has 2 rings (SSSR count). The molecule has 1 heterocycles. The van der Waals surface area contributed by atoms with E-state index in [1.807, 2.05) is 0 Å². The van der Waals surface area contributed by atoms with Gasteiger partial charge in [0.2, 0.25) is 10.0 Å². The minimum absolute atomic E-state index is 0.0196. The van der Waals surface area contributed by atoms with E-state index in [4.69, 9.17) is 5.73 Å². The number of halogens is 2. The number of nitrogens with one attached hydrogen (secondary N) is 2. The molecule has 0 saturated carbocycles. The molecular weight excluding hydrogens is 292 g/mol. The van der Waals surface area contributed by atoms with Crippen molar-refractivity contribution in [2.75, 3.05) is 12.3 Å². The van der Waals surface area contributed by atoms with Gasteiger partial charge in [0.1, 0.15) is 28.6 Å². The van der Waals surface area contributed by atoms with Crippen LogP contribution in [0.25, 0.3) is 0 Å². The number of benzene rings is 1. The lowest BCUT2D eigenvalue weighted by atomic mass is 10.3. The Kier molecular flexibility index (Phi) is 3.95.